The molecule has 6 heteroatoms. The van der Waals surface area contributed by atoms with Crippen LogP contribution in [0.4, 0.5) is 5.95 Å². The fourth-order valence-electron chi connectivity index (χ4n) is 4.58. The number of hydrogen-bond donors (Lipinski definition) is 0. The van der Waals surface area contributed by atoms with E-state index in [1.807, 2.05) is 29.3 Å². The molecule has 6 rings (SSSR count). The van der Waals surface area contributed by atoms with Crippen molar-refractivity contribution in [3.05, 3.63) is 123 Å². The summed E-state index contributed by atoms with van der Waals surface area (Å²) in [7, 11) is 0. The van der Waals surface area contributed by atoms with Crippen molar-refractivity contribution in [2.24, 2.45) is 5.10 Å². The second kappa shape index (κ2) is 9.60. The standard InChI is InChI=1S/C30H22Br2N4/c1-19-9-11-21(12-10-19)29-25-7-2-3-8-26(25)33-30(34-29)36-28(22-5-4-6-24(32)17-22)18-27(35-36)20-13-15-23(31)16-14-20/h2-17,28H,18H2,1H3. The lowest BCUT2D eigenvalue weighted by atomic mass is 9.98. The zero-order chi connectivity index (χ0) is 24.6. The molecule has 176 valence electrons. The summed E-state index contributed by atoms with van der Waals surface area (Å²) >= 11 is 7.18. The molecule has 0 spiro atoms. The van der Waals surface area contributed by atoms with Crippen LogP contribution in [0.1, 0.15) is 29.2 Å². The molecule has 1 aliphatic rings. The lowest BCUT2D eigenvalue weighted by molar-refractivity contribution is 0.688. The number of anilines is 1. The van der Waals surface area contributed by atoms with Crippen LogP contribution in [0.3, 0.4) is 0 Å². The van der Waals surface area contributed by atoms with Gasteiger partial charge in [-0.25, -0.2) is 15.0 Å². The van der Waals surface area contributed by atoms with E-state index in [9.17, 15) is 0 Å². The minimum absolute atomic E-state index is 0.0202. The van der Waals surface area contributed by atoms with Crippen molar-refractivity contribution in [3.8, 4) is 11.3 Å². The number of hydrazone groups is 1. The molecule has 0 radical (unpaired) electrons. The highest BCUT2D eigenvalue weighted by molar-refractivity contribution is 9.10. The summed E-state index contributed by atoms with van der Waals surface area (Å²) in [6.07, 6.45) is 0.758. The van der Waals surface area contributed by atoms with Gasteiger partial charge in [-0.1, -0.05) is 104 Å². The van der Waals surface area contributed by atoms with E-state index >= 15 is 0 Å². The number of hydrogen-bond acceptors (Lipinski definition) is 4. The Hall–Kier alpha value is -3.35. The van der Waals surface area contributed by atoms with Crippen LogP contribution in [0.15, 0.2) is 111 Å². The number of rotatable bonds is 4. The van der Waals surface area contributed by atoms with E-state index in [1.54, 1.807) is 0 Å². The number of para-hydroxylation sites is 1. The topological polar surface area (TPSA) is 41.4 Å². The predicted octanol–water partition coefficient (Wildman–Crippen LogP) is 8.49. The molecule has 0 N–H and O–H groups in total. The molecule has 5 aromatic rings. The first kappa shape index (κ1) is 23.1. The molecule has 36 heavy (non-hydrogen) atoms. The summed E-state index contributed by atoms with van der Waals surface area (Å²) in [5, 5.41) is 8.11. The fourth-order valence-corrected chi connectivity index (χ4v) is 5.26. The largest absolute Gasteiger partial charge is 0.247 e. The summed E-state index contributed by atoms with van der Waals surface area (Å²) in [4.78, 5) is 10.1. The third-order valence-electron chi connectivity index (χ3n) is 6.44. The molecule has 0 bridgehead atoms. The lowest BCUT2D eigenvalue weighted by Gasteiger charge is -2.23. The van der Waals surface area contributed by atoms with E-state index in [1.165, 1.54) is 5.56 Å². The molecule has 1 unspecified atom stereocenters. The van der Waals surface area contributed by atoms with E-state index in [-0.39, 0.29) is 6.04 Å². The van der Waals surface area contributed by atoms with Gasteiger partial charge in [0.1, 0.15) is 0 Å². The molecule has 2 heterocycles. The Bertz CT molecular complexity index is 1590. The Labute approximate surface area is 227 Å². The van der Waals surface area contributed by atoms with Gasteiger partial charge in [0.25, 0.3) is 0 Å². The Morgan fingerprint density at radius 2 is 1.50 bits per heavy atom. The van der Waals surface area contributed by atoms with Crippen molar-refractivity contribution >= 4 is 54.4 Å². The van der Waals surface area contributed by atoms with E-state index in [4.69, 9.17) is 15.1 Å². The van der Waals surface area contributed by atoms with Crippen LogP contribution in [-0.2, 0) is 0 Å². The zero-order valence-corrected chi connectivity index (χ0v) is 22.7. The highest BCUT2D eigenvalue weighted by Crippen LogP contribution is 2.38. The van der Waals surface area contributed by atoms with Gasteiger partial charge < -0.3 is 0 Å². The SMILES string of the molecule is Cc1ccc(-c2nc(N3N=C(c4ccc(Br)cc4)CC3c3cccc(Br)c3)nc3ccccc23)cc1. The maximum atomic E-state index is 5.11. The second-order valence-electron chi connectivity index (χ2n) is 8.93. The van der Waals surface area contributed by atoms with Crippen LogP contribution >= 0.6 is 31.9 Å². The third kappa shape index (κ3) is 4.47. The number of nitrogens with zero attached hydrogens (tertiary/aromatic N) is 4. The number of halogens is 2. The minimum atomic E-state index is -0.0202. The molecule has 1 aliphatic heterocycles. The summed E-state index contributed by atoms with van der Waals surface area (Å²) in [6.45, 7) is 2.10. The van der Waals surface area contributed by atoms with Crippen LogP contribution in [0.2, 0.25) is 0 Å². The first-order valence-corrected chi connectivity index (χ1v) is 13.4. The molecule has 0 aliphatic carbocycles. The van der Waals surface area contributed by atoms with Crippen LogP contribution < -0.4 is 5.01 Å². The van der Waals surface area contributed by atoms with Gasteiger partial charge in [-0.05, 0) is 48.4 Å². The summed E-state index contributed by atoms with van der Waals surface area (Å²) in [5.74, 6) is 0.598. The summed E-state index contributed by atoms with van der Waals surface area (Å²) < 4.78 is 2.09. The molecule has 0 saturated carbocycles. The first-order chi connectivity index (χ1) is 17.5. The average Bonchev–Trinajstić information content (AvgIpc) is 3.35. The van der Waals surface area contributed by atoms with E-state index in [0.29, 0.717) is 5.95 Å². The van der Waals surface area contributed by atoms with E-state index < -0.39 is 0 Å². The van der Waals surface area contributed by atoms with Gasteiger partial charge in [-0.2, -0.15) is 5.10 Å². The van der Waals surface area contributed by atoms with Crippen molar-refractivity contribution < 1.29 is 0 Å². The van der Waals surface area contributed by atoms with Gasteiger partial charge in [0, 0.05) is 26.3 Å². The van der Waals surface area contributed by atoms with Crippen LogP contribution in [0, 0.1) is 6.92 Å². The zero-order valence-electron chi connectivity index (χ0n) is 19.6. The average molecular weight is 598 g/mol. The molecule has 0 fully saturated rings. The van der Waals surface area contributed by atoms with Crippen molar-refractivity contribution in [1.82, 2.24) is 9.97 Å². The molecular weight excluding hydrogens is 576 g/mol. The Kier molecular flexibility index (Phi) is 6.15. The van der Waals surface area contributed by atoms with Crippen molar-refractivity contribution in [2.45, 2.75) is 19.4 Å². The second-order valence-corrected chi connectivity index (χ2v) is 10.8. The van der Waals surface area contributed by atoms with Crippen LogP contribution in [-0.4, -0.2) is 15.7 Å². The van der Waals surface area contributed by atoms with Crippen LogP contribution in [0.5, 0.6) is 0 Å². The number of benzene rings is 4. The van der Waals surface area contributed by atoms with Gasteiger partial charge in [0.15, 0.2) is 0 Å². The van der Waals surface area contributed by atoms with Crippen LogP contribution in [0.25, 0.3) is 22.2 Å². The molecular formula is C30H22Br2N4. The smallest absolute Gasteiger partial charge is 0.223 e. The van der Waals surface area contributed by atoms with Crippen molar-refractivity contribution in [2.75, 3.05) is 5.01 Å². The van der Waals surface area contributed by atoms with Gasteiger partial charge in [-0.15, -0.1) is 0 Å². The predicted molar refractivity (Wildman–Crippen MR) is 154 cm³/mol. The normalized spacial score (nSPS) is 15.4. The molecule has 0 saturated heterocycles. The third-order valence-corrected chi connectivity index (χ3v) is 7.46. The highest BCUT2D eigenvalue weighted by atomic mass is 79.9. The molecule has 1 aromatic heterocycles. The van der Waals surface area contributed by atoms with E-state index in [0.717, 1.165) is 54.4 Å². The Morgan fingerprint density at radius 3 is 2.28 bits per heavy atom. The van der Waals surface area contributed by atoms with E-state index in [2.05, 4.69) is 112 Å². The maximum Gasteiger partial charge on any atom is 0.247 e. The summed E-state index contributed by atoms with van der Waals surface area (Å²) in [6, 6.07) is 33.4. The monoisotopic (exact) mass is 596 g/mol. The minimum Gasteiger partial charge on any atom is -0.223 e. The Balaban J connectivity index is 1.53. The summed E-state index contributed by atoms with van der Waals surface area (Å²) in [5.41, 5.74) is 7.37. The van der Waals surface area contributed by atoms with Gasteiger partial charge in [0.2, 0.25) is 5.95 Å². The van der Waals surface area contributed by atoms with Gasteiger partial charge in [0.05, 0.1) is 23.0 Å². The van der Waals surface area contributed by atoms with Gasteiger partial charge >= 0.3 is 0 Å². The number of aromatic nitrogens is 2. The number of aryl methyl sites for hydroxylation is 1. The van der Waals surface area contributed by atoms with Crippen molar-refractivity contribution in [3.63, 3.8) is 0 Å². The lowest BCUT2D eigenvalue weighted by Crippen LogP contribution is -2.21. The fraction of sp³-hybridized carbons (Fsp3) is 0.100. The molecule has 0 amide bonds. The highest BCUT2D eigenvalue weighted by Gasteiger charge is 2.32. The first-order valence-electron chi connectivity index (χ1n) is 11.8. The maximum absolute atomic E-state index is 5.11. The Morgan fingerprint density at radius 1 is 0.750 bits per heavy atom. The molecule has 1 atom stereocenters. The molecule has 4 nitrogen and oxygen atoms in total. The molecule has 4 aromatic carbocycles. The van der Waals surface area contributed by atoms with Gasteiger partial charge in [-0.3, -0.25) is 0 Å². The quantitative estimate of drug-likeness (QED) is 0.208. The number of fused-ring (bicyclic) bond motifs is 1. The van der Waals surface area contributed by atoms with Crippen molar-refractivity contribution in [1.29, 1.82) is 0 Å².